The number of piperazine rings is 1. The summed E-state index contributed by atoms with van der Waals surface area (Å²) in [4.78, 5) is 16.8. The van der Waals surface area contributed by atoms with E-state index in [1.807, 2.05) is 47.4 Å². The van der Waals surface area contributed by atoms with Gasteiger partial charge >= 0.3 is 0 Å². The summed E-state index contributed by atoms with van der Waals surface area (Å²) in [6, 6.07) is 15.6. The maximum absolute atomic E-state index is 12.5. The molecule has 1 saturated heterocycles. The van der Waals surface area contributed by atoms with Crippen molar-refractivity contribution in [3.63, 3.8) is 0 Å². The lowest BCUT2D eigenvalue weighted by molar-refractivity contribution is -0.132. The van der Waals surface area contributed by atoms with Gasteiger partial charge in [0.25, 0.3) is 0 Å². The van der Waals surface area contributed by atoms with Crippen molar-refractivity contribution in [2.45, 2.75) is 13.0 Å². The summed E-state index contributed by atoms with van der Waals surface area (Å²) in [5.41, 5.74) is 8.61. The van der Waals surface area contributed by atoms with Crippen LogP contribution in [0.2, 0.25) is 0 Å². The van der Waals surface area contributed by atoms with E-state index < -0.39 is 0 Å². The van der Waals surface area contributed by atoms with Crippen molar-refractivity contribution in [2.24, 2.45) is 0 Å². The minimum Gasteiger partial charge on any atom is -0.496 e. The van der Waals surface area contributed by atoms with Gasteiger partial charge in [-0.2, -0.15) is 0 Å². The molecule has 0 saturated carbocycles. The summed E-state index contributed by atoms with van der Waals surface area (Å²) < 4.78 is 5.42. The number of amides is 1. The number of nitrogen functional groups attached to an aromatic ring is 1. The monoisotopic (exact) mass is 411 g/mol. The fourth-order valence-electron chi connectivity index (χ4n) is 3.15. The highest BCUT2D eigenvalue weighted by Crippen LogP contribution is 2.20. The van der Waals surface area contributed by atoms with Gasteiger partial charge in [0, 0.05) is 44.0 Å². The predicted octanol–water partition coefficient (Wildman–Crippen LogP) is 3.01. The number of methoxy groups -OCH3 is 1. The van der Waals surface area contributed by atoms with Gasteiger partial charge in [-0.05, 0) is 23.8 Å². The molecule has 5 nitrogen and oxygen atoms in total. The quantitative estimate of drug-likeness (QED) is 0.768. The van der Waals surface area contributed by atoms with Crippen LogP contribution in [0.4, 0.5) is 5.69 Å². The van der Waals surface area contributed by atoms with Crippen molar-refractivity contribution in [3.8, 4) is 5.75 Å². The molecule has 2 N–H and O–H groups in total. The van der Waals surface area contributed by atoms with E-state index in [1.165, 1.54) is 5.56 Å². The Hall–Kier alpha value is -1.95. The highest BCUT2D eigenvalue weighted by molar-refractivity contribution is 5.85. The van der Waals surface area contributed by atoms with Crippen LogP contribution in [-0.2, 0) is 17.8 Å². The lowest BCUT2D eigenvalue weighted by Gasteiger charge is -2.35. The normalized spacial score (nSPS) is 14.0. The molecule has 148 valence electrons. The van der Waals surface area contributed by atoms with Gasteiger partial charge in [-0.25, -0.2) is 0 Å². The number of carbonyl (C=O) groups is 1. The van der Waals surface area contributed by atoms with Crippen LogP contribution in [0.3, 0.4) is 0 Å². The first-order chi connectivity index (χ1) is 12.2. The Morgan fingerprint density at radius 2 is 1.63 bits per heavy atom. The minimum absolute atomic E-state index is 0. The van der Waals surface area contributed by atoms with Gasteiger partial charge in [0.05, 0.1) is 13.5 Å². The van der Waals surface area contributed by atoms with Crippen molar-refractivity contribution in [2.75, 3.05) is 39.0 Å². The smallest absolute Gasteiger partial charge is 0.227 e. The molecule has 0 bridgehead atoms. The van der Waals surface area contributed by atoms with E-state index in [0.717, 1.165) is 49.7 Å². The molecular weight excluding hydrogens is 385 g/mol. The third-order valence-corrected chi connectivity index (χ3v) is 4.65. The molecule has 2 aromatic rings. The minimum atomic E-state index is 0. The first-order valence-corrected chi connectivity index (χ1v) is 8.62. The maximum atomic E-state index is 12.5. The van der Waals surface area contributed by atoms with Gasteiger partial charge in [0.1, 0.15) is 5.75 Å². The number of ether oxygens (including phenoxy) is 1. The fraction of sp³-hybridized carbons (Fsp3) is 0.350. The highest BCUT2D eigenvalue weighted by atomic mass is 35.5. The molecule has 1 heterocycles. The molecular formula is C20H27Cl2N3O2. The molecule has 1 aliphatic rings. The number of hydrogen-bond donors (Lipinski definition) is 1. The fourth-order valence-corrected chi connectivity index (χ4v) is 3.15. The highest BCUT2D eigenvalue weighted by Gasteiger charge is 2.21. The molecule has 0 aliphatic carbocycles. The lowest BCUT2D eigenvalue weighted by Crippen LogP contribution is -2.48. The third-order valence-electron chi connectivity index (χ3n) is 4.65. The number of nitrogens with two attached hydrogens (primary N) is 1. The zero-order chi connectivity index (χ0) is 17.6. The van der Waals surface area contributed by atoms with E-state index in [9.17, 15) is 4.79 Å². The van der Waals surface area contributed by atoms with Gasteiger partial charge in [-0.3, -0.25) is 9.69 Å². The largest absolute Gasteiger partial charge is 0.496 e. The average molecular weight is 412 g/mol. The second-order valence-corrected chi connectivity index (χ2v) is 6.39. The second-order valence-electron chi connectivity index (χ2n) is 6.39. The summed E-state index contributed by atoms with van der Waals surface area (Å²) in [6.45, 7) is 4.15. The van der Waals surface area contributed by atoms with Gasteiger partial charge in [0.2, 0.25) is 5.91 Å². The third kappa shape index (κ3) is 6.31. The molecule has 7 heteroatoms. The Balaban J connectivity index is 0.00000182. The molecule has 0 unspecified atom stereocenters. The Bertz CT molecular complexity index is 717. The first kappa shape index (κ1) is 23.1. The summed E-state index contributed by atoms with van der Waals surface area (Å²) in [7, 11) is 1.70. The van der Waals surface area contributed by atoms with Crippen molar-refractivity contribution >= 4 is 36.4 Å². The van der Waals surface area contributed by atoms with Gasteiger partial charge in [0.15, 0.2) is 0 Å². The Kier molecular flexibility index (Phi) is 9.43. The molecule has 0 spiro atoms. The molecule has 2 aromatic carbocycles. The summed E-state index contributed by atoms with van der Waals surface area (Å²) in [5, 5.41) is 0. The maximum Gasteiger partial charge on any atom is 0.227 e. The lowest BCUT2D eigenvalue weighted by atomic mass is 10.1. The number of anilines is 1. The summed E-state index contributed by atoms with van der Waals surface area (Å²) >= 11 is 0. The molecule has 3 rings (SSSR count). The number of benzene rings is 2. The molecule has 0 aromatic heterocycles. The molecule has 0 atom stereocenters. The van der Waals surface area contributed by atoms with Gasteiger partial charge < -0.3 is 15.4 Å². The van der Waals surface area contributed by atoms with E-state index in [1.54, 1.807) is 7.11 Å². The van der Waals surface area contributed by atoms with E-state index in [-0.39, 0.29) is 30.7 Å². The van der Waals surface area contributed by atoms with Gasteiger partial charge in [-0.1, -0.05) is 30.3 Å². The number of carbonyl (C=O) groups excluding carboxylic acids is 1. The van der Waals surface area contributed by atoms with Crippen LogP contribution in [0.5, 0.6) is 5.75 Å². The Morgan fingerprint density at radius 1 is 1.00 bits per heavy atom. The average Bonchev–Trinajstić information content (AvgIpc) is 2.64. The van der Waals surface area contributed by atoms with Crippen LogP contribution >= 0.6 is 24.8 Å². The Morgan fingerprint density at radius 3 is 2.26 bits per heavy atom. The molecule has 1 aliphatic heterocycles. The van der Waals surface area contributed by atoms with E-state index in [2.05, 4.69) is 11.0 Å². The number of para-hydroxylation sites is 1. The molecule has 1 fully saturated rings. The van der Waals surface area contributed by atoms with Crippen LogP contribution in [0.25, 0.3) is 0 Å². The predicted molar refractivity (Wildman–Crippen MR) is 114 cm³/mol. The van der Waals surface area contributed by atoms with Crippen molar-refractivity contribution < 1.29 is 9.53 Å². The van der Waals surface area contributed by atoms with Crippen LogP contribution in [0.1, 0.15) is 11.1 Å². The van der Waals surface area contributed by atoms with E-state index in [0.29, 0.717) is 6.42 Å². The van der Waals surface area contributed by atoms with Crippen LogP contribution in [0, 0.1) is 0 Å². The van der Waals surface area contributed by atoms with Crippen LogP contribution in [-0.4, -0.2) is 49.0 Å². The van der Waals surface area contributed by atoms with E-state index >= 15 is 0 Å². The molecule has 0 radical (unpaired) electrons. The first-order valence-electron chi connectivity index (χ1n) is 8.62. The summed E-state index contributed by atoms with van der Waals surface area (Å²) in [5.74, 6) is 1.10. The van der Waals surface area contributed by atoms with Crippen molar-refractivity contribution in [1.29, 1.82) is 0 Å². The Labute approximate surface area is 173 Å². The second kappa shape index (κ2) is 11.0. The number of nitrogens with zero attached hydrogens (tertiary/aromatic N) is 2. The van der Waals surface area contributed by atoms with Crippen molar-refractivity contribution in [3.05, 3.63) is 59.7 Å². The number of hydrogen-bond acceptors (Lipinski definition) is 4. The number of halogens is 2. The molecule has 27 heavy (non-hydrogen) atoms. The van der Waals surface area contributed by atoms with Crippen LogP contribution < -0.4 is 10.5 Å². The summed E-state index contributed by atoms with van der Waals surface area (Å²) in [6.07, 6.45) is 0.437. The zero-order valence-electron chi connectivity index (χ0n) is 15.5. The standard InChI is InChI=1S/C20H25N3O2.2ClH/c1-25-19-5-3-2-4-17(19)15-22-10-12-23(13-11-22)20(24)14-16-6-8-18(21)9-7-16;;/h2-9H,10-15,21H2,1H3;2*1H. The van der Waals surface area contributed by atoms with Crippen LogP contribution in [0.15, 0.2) is 48.5 Å². The van der Waals surface area contributed by atoms with Gasteiger partial charge in [-0.15, -0.1) is 24.8 Å². The van der Waals surface area contributed by atoms with Crippen molar-refractivity contribution in [1.82, 2.24) is 9.80 Å². The topological polar surface area (TPSA) is 58.8 Å². The SMILES string of the molecule is COc1ccccc1CN1CCN(C(=O)Cc2ccc(N)cc2)CC1.Cl.Cl. The zero-order valence-corrected chi connectivity index (χ0v) is 17.1. The number of rotatable bonds is 5. The molecule has 1 amide bonds. The van der Waals surface area contributed by atoms with E-state index in [4.69, 9.17) is 10.5 Å².